The summed E-state index contributed by atoms with van der Waals surface area (Å²) < 4.78 is 37.1. The van der Waals surface area contributed by atoms with Crippen LogP contribution in [-0.4, -0.2) is 29.1 Å². The maximum absolute atomic E-state index is 12.4. The molecule has 16 heavy (non-hydrogen) atoms. The summed E-state index contributed by atoms with van der Waals surface area (Å²) in [6, 6.07) is 0. The number of carbonyl (C=O) groups excluding carboxylic acids is 1. The fraction of sp³-hybridized carbons (Fsp3) is 0.500. The summed E-state index contributed by atoms with van der Waals surface area (Å²) in [5, 5.41) is 10.7. The van der Waals surface area contributed by atoms with E-state index in [9.17, 15) is 18.0 Å². The van der Waals surface area contributed by atoms with E-state index >= 15 is 0 Å². The lowest BCUT2D eigenvalue weighted by Gasteiger charge is -2.06. The van der Waals surface area contributed by atoms with Crippen LogP contribution >= 0.6 is 11.3 Å². The monoisotopic (exact) mass is 254 g/mol. The van der Waals surface area contributed by atoms with Crippen molar-refractivity contribution < 1.29 is 23.1 Å². The fourth-order valence-electron chi connectivity index (χ4n) is 0.970. The fourth-order valence-corrected chi connectivity index (χ4v) is 1.69. The molecule has 1 heterocycles. The normalized spacial score (nSPS) is 11.5. The largest absolute Gasteiger partial charge is 0.434 e. The van der Waals surface area contributed by atoms with Gasteiger partial charge in [-0.3, -0.25) is 4.79 Å². The molecular formula is C8H9F3N2O2S. The number of thiazole rings is 1. The van der Waals surface area contributed by atoms with Crippen molar-refractivity contribution in [2.24, 2.45) is 0 Å². The molecule has 0 aliphatic heterocycles. The molecule has 1 aromatic rings. The van der Waals surface area contributed by atoms with Gasteiger partial charge >= 0.3 is 6.18 Å². The second-order valence-electron chi connectivity index (χ2n) is 2.86. The van der Waals surface area contributed by atoms with Gasteiger partial charge in [0.05, 0.1) is 5.51 Å². The Labute approximate surface area is 93.1 Å². The molecule has 0 atom stereocenters. The first-order valence-electron chi connectivity index (χ1n) is 4.36. The number of carbonyl (C=O) groups is 1. The number of aliphatic hydroxyl groups is 1. The van der Waals surface area contributed by atoms with Crippen molar-refractivity contribution in [2.45, 2.75) is 12.6 Å². The number of aliphatic hydroxyl groups excluding tert-OH is 1. The Morgan fingerprint density at radius 1 is 1.56 bits per heavy atom. The van der Waals surface area contributed by atoms with Crippen molar-refractivity contribution in [3.05, 3.63) is 16.1 Å². The lowest BCUT2D eigenvalue weighted by Crippen LogP contribution is -2.26. The van der Waals surface area contributed by atoms with Crippen molar-refractivity contribution in [3.63, 3.8) is 0 Å². The highest BCUT2D eigenvalue weighted by Crippen LogP contribution is 2.32. The van der Waals surface area contributed by atoms with Gasteiger partial charge < -0.3 is 10.4 Å². The van der Waals surface area contributed by atoms with Gasteiger partial charge in [-0.25, -0.2) is 4.98 Å². The van der Waals surface area contributed by atoms with Gasteiger partial charge in [0.15, 0.2) is 5.69 Å². The number of nitrogens with zero attached hydrogens (tertiary/aromatic N) is 1. The third-order valence-electron chi connectivity index (χ3n) is 1.66. The molecule has 0 saturated heterocycles. The second-order valence-corrected chi connectivity index (χ2v) is 3.72. The average Bonchev–Trinajstić information content (AvgIpc) is 2.65. The maximum atomic E-state index is 12.4. The lowest BCUT2D eigenvalue weighted by molar-refractivity contribution is -0.141. The quantitative estimate of drug-likeness (QED) is 0.795. The number of hydrogen-bond acceptors (Lipinski definition) is 4. The molecule has 8 heteroatoms. The number of halogens is 3. The van der Waals surface area contributed by atoms with Gasteiger partial charge in [-0.15, -0.1) is 11.3 Å². The van der Waals surface area contributed by atoms with Gasteiger partial charge in [0, 0.05) is 13.2 Å². The minimum atomic E-state index is -4.62. The molecule has 0 unspecified atom stereocenters. The highest BCUT2D eigenvalue weighted by Gasteiger charge is 2.38. The van der Waals surface area contributed by atoms with Crippen molar-refractivity contribution in [1.82, 2.24) is 10.3 Å². The van der Waals surface area contributed by atoms with Crippen LogP contribution in [0, 0.1) is 0 Å². The summed E-state index contributed by atoms with van der Waals surface area (Å²) >= 11 is 0.637. The summed E-state index contributed by atoms with van der Waals surface area (Å²) in [7, 11) is 0. The van der Waals surface area contributed by atoms with Crippen LogP contribution in [0.15, 0.2) is 5.51 Å². The van der Waals surface area contributed by atoms with Crippen LogP contribution < -0.4 is 5.32 Å². The van der Waals surface area contributed by atoms with Crippen molar-refractivity contribution in [2.75, 3.05) is 13.2 Å². The number of alkyl halides is 3. The van der Waals surface area contributed by atoms with Gasteiger partial charge in [-0.1, -0.05) is 0 Å². The van der Waals surface area contributed by atoms with Gasteiger partial charge in [0.25, 0.3) is 5.91 Å². The molecule has 0 saturated carbocycles. The Morgan fingerprint density at radius 2 is 2.25 bits per heavy atom. The van der Waals surface area contributed by atoms with E-state index in [0.717, 1.165) is 5.51 Å². The third kappa shape index (κ3) is 3.17. The molecule has 0 fully saturated rings. The SMILES string of the molecule is O=C(NCCCO)c1scnc1C(F)(F)F. The zero-order valence-corrected chi connectivity index (χ0v) is 8.86. The highest BCUT2D eigenvalue weighted by atomic mass is 32.1. The van der Waals surface area contributed by atoms with E-state index in [4.69, 9.17) is 5.11 Å². The molecule has 90 valence electrons. The standard InChI is InChI=1S/C8H9F3N2O2S/c9-8(10,11)6-5(16-4-13-6)7(15)12-2-1-3-14/h4,14H,1-3H2,(H,12,15). The Hall–Kier alpha value is -1.15. The van der Waals surface area contributed by atoms with Crippen LogP contribution in [-0.2, 0) is 6.18 Å². The Kier molecular flexibility index (Phi) is 4.25. The predicted octanol–water partition coefficient (Wildman–Crippen LogP) is 1.27. The number of hydrogen-bond donors (Lipinski definition) is 2. The van der Waals surface area contributed by atoms with E-state index in [-0.39, 0.29) is 13.2 Å². The molecule has 0 aromatic carbocycles. The van der Waals surface area contributed by atoms with Crippen LogP contribution in [0.2, 0.25) is 0 Å². The van der Waals surface area contributed by atoms with E-state index in [0.29, 0.717) is 17.8 Å². The van der Waals surface area contributed by atoms with Gasteiger partial charge in [0.2, 0.25) is 0 Å². The number of nitrogens with one attached hydrogen (secondary N) is 1. The van der Waals surface area contributed by atoms with Crippen molar-refractivity contribution >= 4 is 17.2 Å². The minimum Gasteiger partial charge on any atom is -0.396 e. The molecule has 1 aromatic heterocycles. The predicted molar refractivity (Wildman–Crippen MR) is 51.2 cm³/mol. The summed E-state index contributed by atoms with van der Waals surface area (Å²) in [5.41, 5.74) is -0.192. The zero-order chi connectivity index (χ0) is 12.2. The third-order valence-corrected chi connectivity index (χ3v) is 2.49. The molecule has 0 bridgehead atoms. The summed E-state index contributed by atoms with van der Waals surface area (Å²) in [6.45, 7) is -0.000368. The number of aromatic nitrogens is 1. The molecule has 4 nitrogen and oxygen atoms in total. The van der Waals surface area contributed by atoms with Crippen LogP contribution in [0.1, 0.15) is 21.8 Å². The molecular weight excluding hydrogens is 245 g/mol. The topological polar surface area (TPSA) is 62.2 Å². The zero-order valence-electron chi connectivity index (χ0n) is 8.04. The number of rotatable bonds is 4. The van der Waals surface area contributed by atoms with E-state index < -0.39 is 22.7 Å². The first-order chi connectivity index (χ1) is 7.46. The molecule has 1 rings (SSSR count). The summed E-state index contributed by atoms with van der Waals surface area (Å²) in [6.07, 6.45) is -4.32. The van der Waals surface area contributed by atoms with E-state index in [2.05, 4.69) is 10.3 Å². The summed E-state index contributed by atoms with van der Waals surface area (Å²) in [4.78, 5) is 14.0. The van der Waals surface area contributed by atoms with E-state index in [1.54, 1.807) is 0 Å². The highest BCUT2D eigenvalue weighted by molar-refractivity contribution is 7.11. The molecule has 0 spiro atoms. The van der Waals surface area contributed by atoms with Gasteiger partial charge in [-0.2, -0.15) is 13.2 Å². The van der Waals surface area contributed by atoms with Gasteiger partial charge in [-0.05, 0) is 6.42 Å². The van der Waals surface area contributed by atoms with Gasteiger partial charge in [0.1, 0.15) is 4.88 Å². The lowest BCUT2D eigenvalue weighted by atomic mass is 10.3. The molecule has 0 radical (unpaired) electrons. The first-order valence-corrected chi connectivity index (χ1v) is 5.24. The Morgan fingerprint density at radius 3 is 2.81 bits per heavy atom. The Balaban J connectivity index is 2.73. The first kappa shape index (κ1) is 12.9. The smallest absolute Gasteiger partial charge is 0.396 e. The molecule has 1 amide bonds. The van der Waals surface area contributed by atoms with E-state index in [1.165, 1.54) is 0 Å². The van der Waals surface area contributed by atoms with Crippen LogP contribution in [0.25, 0.3) is 0 Å². The maximum Gasteiger partial charge on any atom is 0.434 e. The van der Waals surface area contributed by atoms with Crippen molar-refractivity contribution in [1.29, 1.82) is 0 Å². The van der Waals surface area contributed by atoms with Crippen LogP contribution in [0.3, 0.4) is 0 Å². The molecule has 0 aliphatic rings. The van der Waals surface area contributed by atoms with E-state index in [1.807, 2.05) is 0 Å². The second kappa shape index (κ2) is 5.26. The molecule has 2 N–H and O–H groups in total. The van der Waals surface area contributed by atoms with Crippen LogP contribution in [0.5, 0.6) is 0 Å². The van der Waals surface area contributed by atoms with Crippen molar-refractivity contribution in [3.8, 4) is 0 Å². The molecule has 0 aliphatic carbocycles. The number of amides is 1. The van der Waals surface area contributed by atoms with Crippen LogP contribution in [0.4, 0.5) is 13.2 Å². The Bertz CT molecular complexity index is 364. The summed E-state index contributed by atoms with van der Waals surface area (Å²) in [5.74, 6) is -0.816. The average molecular weight is 254 g/mol. The minimum absolute atomic E-state index is 0.129.